The predicted molar refractivity (Wildman–Crippen MR) is 425 cm³/mol. The van der Waals surface area contributed by atoms with Gasteiger partial charge in [-0.15, -0.1) is 0 Å². The summed E-state index contributed by atoms with van der Waals surface area (Å²) in [6.07, 6.45) is 0. The molecular weight excluding hydrogens is 1210 g/mol. The number of fused-ring (bicyclic) bond motifs is 15. The molecule has 0 fully saturated rings. The molecule has 466 valence electrons. The maximum atomic E-state index is 2.42. The molecule has 4 aromatic heterocycles. The van der Waals surface area contributed by atoms with Crippen molar-refractivity contribution in [1.29, 1.82) is 0 Å². The van der Waals surface area contributed by atoms with Gasteiger partial charge in [-0.3, -0.25) is 0 Å². The molecule has 0 saturated heterocycles. The lowest BCUT2D eigenvalue weighted by atomic mass is 9.98. The summed E-state index contributed by atoms with van der Waals surface area (Å²) in [7, 11) is 0. The summed E-state index contributed by atoms with van der Waals surface area (Å²) in [6.45, 7) is 0. The number of nitrogens with zero attached hydrogens (tertiary/aromatic N) is 4. The average molecular weight is 1270 g/mol. The Bertz CT molecular complexity index is 6820. The van der Waals surface area contributed by atoms with Crippen LogP contribution >= 0.6 is 0 Å². The fourth-order valence-electron chi connectivity index (χ4n) is 16.0. The highest BCUT2D eigenvalue weighted by Gasteiger charge is 2.19. The minimum absolute atomic E-state index is 1.18. The van der Waals surface area contributed by atoms with E-state index in [1.54, 1.807) is 0 Å². The lowest BCUT2D eigenvalue weighted by Crippen LogP contribution is -1.94. The molecule has 0 bridgehead atoms. The van der Waals surface area contributed by atoms with Crippen molar-refractivity contribution in [3.63, 3.8) is 0 Å². The Kier molecular flexibility index (Phi) is 13.2. The van der Waals surface area contributed by atoms with Crippen LogP contribution in [0, 0.1) is 0 Å². The normalized spacial score (nSPS) is 11.8. The van der Waals surface area contributed by atoms with Crippen LogP contribution in [0.3, 0.4) is 0 Å². The molecule has 21 aromatic rings. The van der Waals surface area contributed by atoms with Crippen molar-refractivity contribution in [2.45, 2.75) is 0 Å². The van der Waals surface area contributed by atoms with Gasteiger partial charge in [-0.05, 0) is 186 Å². The minimum atomic E-state index is 1.18. The monoisotopic (exact) mass is 1270 g/mol. The molecule has 100 heavy (non-hydrogen) atoms. The van der Waals surface area contributed by atoms with Crippen LogP contribution in [0.1, 0.15) is 0 Å². The van der Waals surface area contributed by atoms with Gasteiger partial charge in [-0.2, -0.15) is 0 Å². The van der Waals surface area contributed by atoms with E-state index in [-0.39, 0.29) is 0 Å². The molecule has 0 aliphatic heterocycles. The predicted octanol–water partition coefficient (Wildman–Crippen LogP) is 25.9. The van der Waals surface area contributed by atoms with Crippen LogP contribution in [-0.2, 0) is 0 Å². The Labute approximate surface area is 577 Å². The van der Waals surface area contributed by atoms with E-state index in [2.05, 4.69) is 394 Å². The second-order valence-electron chi connectivity index (χ2n) is 26.4. The van der Waals surface area contributed by atoms with Gasteiger partial charge in [0, 0.05) is 65.8 Å². The Morgan fingerprint density at radius 1 is 0.120 bits per heavy atom. The molecule has 0 unspecified atom stereocenters. The summed E-state index contributed by atoms with van der Waals surface area (Å²) in [5.41, 5.74) is 24.1. The topological polar surface area (TPSA) is 19.7 Å². The van der Waals surface area contributed by atoms with Crippen LogP contribution < -0.4 is 0 Å². The second-order valence-corrected chi connectivity index (χ2v) is 26.4. The van der Waals surface area contributed by atoms with Gasteiger partial charge in [0.2, 0.25) is 0 Å². The molecule has 17 aromatic carbocycles. The molecule has 4 heterocycles. The lowest BCUT2D eigenvalue weighted by Gasteiger charge is -2.11. The molecule has 0 aliphatic rings. The largest absolute Gasteiger partial charge is 0.309 e. The van der Waals surface area contributed by atoms with E-state index in [9.17, 15) is 0 Å². The van der Waals surface area contributed by atoms with E-state index in [1.807, 2.05) is 0 Å². The number of benzene rings is 17. The Balaban J connectivity index is 0.000000135. The summed E-state index contributed by atoms with van der Waals surface area (Å²) in [4.78, 5) is 0. The van der Waals surface area contributed by atoms with Crippen molar-refractivity contribution in [2.75, 3.05) is 0 Å². The molecule has 0 aliphatic carbocycles. The molecule has 0 radical (unpaired) electrons. The van der Waals surface area contributed by atoms with E-state index in [0.717, 1.165) is 0 Å². The zero-order chi connectivity index (χ0) is 65.8. The van der Waals surface area contributed by atoms with Crippen LogP contribution in [0.5, 0.6) is 0 Å². The molecule has 0 amide bonds. The van der Waals surface area contributed by atoms with Crippen molar-refractivity contribution in [3.8, 4) is 67.3 Å². The maximum Gasteiger partial charge on any atom is 0.0547 e. The highest BCUT2D eigenvalue weighted by atomic mass is 15.0. The van der Waals surface area contributed by atoms with Gasteiger partial charge in [0.1, 0.15) is 0 Å². The lowest BCUT2D eigenvalue weighted by molar-refractivity contribution is 1.18. The SMILES string of the molecule is c1ccc(-n2c3ccccc3c3cc(-c4ccc(-c5ccc6c7ccccc7n(-c7ccc8ccccc8c7)c6c5)cc4)ccc32)cc1.c1ccc2cc(-n3c4ccccc4c4cc(-c5ccc(-c6ccc7c8ccccc8n(-c8ccc9ccccc9c8)c7c6)cc5)ccc43)ccc2c1. The van der Waals surface area contributed by atoms with Gasteiger partial charge in [0.25, 0.3) is 0 Å². The smallest absolute Gasteiger partial charge is 0.0547 e. The highest BCUT2D eigenvalue weighted by Crippen LogP contribution is 2.42. The molecule has 0 atom stereocenters. The van der Waals surface area contributed by atoms with E-state index in [0.29, 0.717) is 0 Å². The molecule has 4 nitrogen and oxygen atoms in total. The van der Waals surface area contributed by atoms with E-state index >= 15 is 0 Å². The first-order valence-corrected chi connectivity index (χ1v) is 34.4. The van der Waals surface area contributed by atoms with Crippen LogP contribution in [0.25, 0.3) is 187 Å². The van der Waals surface area contributed by atoms with Crippen molar-refractivity contribution >= 4 is 120 Å². The number of aromatic nitrogens is 4. The summed E-state index contributed by atoms with van der Waals surface area (Å²) in [6, 6.07) is 137. The number of para-hydroxylation sites is 5. The summed E-state index contributed by atoms with van der Waals surface area (Å²) in [5, 5.41) is 17.6. The van der Waals surface area contributed by atoms with Gasteiger partial charge in [-0.1, -0.05) is 267 Å². The first kappa shape index (κ1) is 57.0. The summed E-state index contributed by atoms with van der Waals surface area (Å²) >= 11 is 0. The van der Waals surface area contributed by atoms with Gasteiger partial charge < -0.3 is 18.3 Å². The van der Waals surface area contributed by atoms with Crippen LogP contribution in [0.4, 0.5) is 0 Å². The van der Waals surface area contributed by atoms with Gasteiger partial charge in [0.05, 0.1) is 44.1 Å². The third-order valence-corrected chi connectivity index (χ3v) is 20.8. The van der Waals surface area contributed by atoms with Gasteiger partial charge in [0.15, 0.2) is 0 Å². The average Bonchev–Trinajstić information content (AvgIpc) is 1.61. The van der Waals surface area contributed by atoms with Gasteiger partial charge in [-0.25, -0.2) is 0 Å². The van der Waals surface area contributed by atoms with E-state index < -0.39 is 0 Å². The molecule has 0 spiro atoms. The van der Waals surface area contributed by atoms with Crippen molar-refractivity contribution < 1.29 is 0 Å². The van der Waals surface area contributed by atoms with Crippen molar-refractivity contribution in [2.24, 2.45) is 0 Å². The highest BCUT2D eigenvalue weighted by molar-refractivity contribution is 6.14. The first-order chi connectivity index (χ1) is 49.6. The summed E-state index contributed by atoms with van der Waals surface area (Å²) < 4.78 is 9.59. The molecule has 0 saturated carbocycles. The quantitative estimate of drug-likeness (QED) is 0.144. The molecule has 21 rings (SSSR count). The Morgan fingerprint density at radius 2 is 0.370 bits per heavy atom. The summed E-state index contributed by atoms with van der Waals surface area (Å²) in [5.74, 6) is 0. The maximum absolute atomic E-state index is 2.42. The minimum Gasteiger partial charge on any atom is -0.309 e. The number of hydrogen-bond acceptors (Lipinski definition) is 0. The molecule has 0 N–H and O–H groups in total. The fraction of sp³-hybridized carbons (Fsp3) is 0. The number of hydrogen-bond donors (Lipinski definition) is 0. The number of rotatable bonds is 8. The van der Waals surface area contributed by atoms with Crippen LogP contribution in [0.15, 0.2) is 376 Å². The van der Waals surface area contributed by atoms with Crippen molar-refractivity contribution in [3.05, 3.63) is 376 Å². The van der Waals surface area contributed by atoms with Crippen LogP contribution in [-0.4, -0.2) is 18.3 Å². The first-order valence-electron chi connectivity index (χ1n) is 34.4. The Hall–Kier alpha value is -13.3. The zero-order valence-corrected chi connectivity index (χ0v) is 54.6. The standard InChI is InChI=1S/C50H32N2.C46H30N2/c1-3-11-37-29-41(25-21-33(37)9-1)51-48-16-8-6-14-44(48)46-31-39(24-28-49(46)51)35-17-19-36(20-18-35)40-23-27-45-43-13-5-7-15-47(43)52(50(45)32-40)42-26-22-34-10-2-4-12-38(34)30-42;1-2-12-37(13-3-1)47-44-17-9-7-15-40(44)42-29-35(24-27-45(42)47)32-18-20-33(21-19-32)36-23-26-41-39-14-6-8-16-43(39)48(46(41)30-36)38-25-22-31-10-4-5-11-34(31)28-38/h1-32H;1-30H. The van der Waals surface area contributed by atoms with Gasteiger partial charge >= 0.3 is 0 Å². The third-order valence-electron chi connectivity index (χ3n) is 20.8. The van der Waals surface area contributed by atoms with E-state index in [4.69, 9.17) is 0 Å². The second kappa shape index (κ2) is 23.2. The zero-order valence-electron chi connectivity index (χ0n) is 54.6. The fourth-order valence-corrected chi connectivity index (χ4v) is 16.0. The van der Waals surface area contributed by atoms with Crippen molar-refractivity contribution in [1.82, 2.24) is 18.3 Å². The Morgan fingerprint density at radius 3 is 0.740 bits per heavy atom. The third kappa shape index (κ3) is 9.45. The molecular formula is C96H62N4. The van der Waals surface area contributed by atoms with Crippen LogP contribution in [0.2, 0.25) is 0 Å². The van der Waals surface area contributed by atoms with E-state index in [1.165, 1.54) is 187 Å². The molecule has 4 heteroatoms.